The molecule has 0 saturated carbocycles. The zero-order chi connectivity index (χ0) is 24.6. The fraction of sp³-hybridized carbons (Fsp3) is 0.348. The quantitative estimate of drug-likeness (QED) is 0.373. The van der Waals surface area contributed by atoms with Crippen molar-refractivity contribution in [3.8, 4) is 5.69 Å². The maximum Gasteiger partial charge on any atom is 0.425 e. The summed E-state index contributed by atoms with van der Waals surface area (Å²) in [5, 5.41) is 11.4. The fourth-order valence-electron chi connectivity index (χ4n) is 3.05. The molecule has 0 N–H and O–H groups in total. The smallest absolute Gasteiger partial charge is 0.425 e. The lowest BCUT2D eigenvalue weighted by molar-refractivity contribution is -0.384. The molecule has 2 amide bonds. The first kappa shape index (κ1) is 23.7. The average molecular weight is 454 g/mol. The van der Waals surface area contributed by atoms with Gasteiger partial charge in [-0.1, -0.05) is 0 Å². The second-order valence-corrected chi connectivity index (χ2v) is 9.32. The van der Waals surface area contributed by atoms with Gasteiger partial charge in [0, 0.05) is 35.6 Å². The topological polar surface area (TPSA) is 117 Å². The number of rotatable bonds is 3. The number of imide groups is 1. The number of carbonyl (C=O) groups excluding carboxylic acids is 2. The van der Waals surface area contributed by atoms with Crippen molar-refractivity contribution in [3.05, 3.63) is 58.9 Å². The standard InChI is InChI=1S/C23H26N4O6/c1-22(2,3)32-20(28)26(21(29)33-23(4,5)6)19-17-12-14-25(18(17)11-13-24-19)15-7-9-16(10-8-15)27(30)31/h7-14H,1-6H3. The molecule has 0 saturated heterocycles. The number of amides is 2. The van der Waals surface area contributed by atoms with Crippen molar-refractivity contribution >= 4 is 34.6 Å². The molecule has 0 spiro atoms. The van der Waals surface area contributed by atoms with Gasteiger partial charge >= 0.3 is 12.2 Å². The first-order valence-electron chi connectivity index (χ1n) is 10.2. The molecule has 0 aliphatic rings. The number of fused-ring (bicyclic) bond motifs is 1. The molecule has 0 aliphatic carbocycles. The molecule has 0 unspecified atom stereocenters. The monoisotopic (exact) mass is 454 g/mol. The van der Waals surface area contributed by atoms with E-state index in [0.717, 1.165) is 4.90 Å². The van der Waals surface area contributed by atoms with Crippen molar-refractivity contribution in [2.75, 3.05) is 4.90 Å². The zero-order valence-corrected chi connectivity index (χ0v) is 19.4. The van der Waals surface area contributed by atoms with Crippen LogP contribution in [0.3, 0.4) is 0 Å². The highest BCUT2D eigenvalue weighted by Crippen LogP contribution is 2.30. The Balaban J connectivity index is 2.11. The molecule has 1 aromatic carbocycles. The van der Waals surface area contributed by atoms with Crippen molar-refractivity contribution in [2.45, 2.75) is 52.7 Å². The van der Waals surface area contributed by atoms with E-state index in [4.69, 9.17) is 9.47 Å². The number of pyridine rings is 1. The van der Waals surface area contributed by atoms with Crippen LogP contribution in [0.5, 0.6) is 0 Å². The number of benzene rings is 1. The third-order valence-corrected chi connectivity index (χ3v) is 4.30. The van der Waals surface area contributed by atoms with Crippen molar-refractivity contribution in [1.29, 1.82) is 0 Å². The van der Waals surface area contributed by atoms with Crippen LogP contribution < -0.4 is 4.90 Å². The van der Waals surface area contributed by atoms with E-state index in [1.165, 1.54) is 18.3 Å². The van der Waals surface area contributed by atoms with E-state index in [9.17, 15) is 19.7 Å². The first-order chi connectivity index (χ1) is 15.3. The highest BCUT2D eigenvalue weighted by molar-refractivity contribution is 6.13. The van der Waals surface area contributed by atoms with Crippen LogP contribution in [-0.2, 0) is 9.47 Å². The summed E-state index contributed by atoms with van der Waals surface area (Å²) in [4.78, 5) is 41.5. The summed E-state index contributed by atoms with van der Waals surface area (Å²) in [6.07, 6.45) is 1.35. The zero-order valence-electron chi connectivity index (χ0n) is 19.4. The SMILES string of the molecule is CC(C)(C)OC(=O)N(C(=O)OC(C)(C)C)c1nccc2c1ccn2-c1ccc([N+](=O)[O-])cc1. The van der Waals surface area contributed by atoms with Gasteiger partial charge in [0.15, 0.2) is 5.82 Å². The molecule has 174 valence electrons. The van der Waals surface area contributed by atoms with Crippen molar-refractivity contribution in [2.24, 2.45) is 0 Å². The fourth-order valence-corrected chi connectivity index (χ4v) is 3.05. The molecule has 10 heteroatoms. The molecule has 33 heavy (non-hydrogen) atoms. The van der Waals surface area contributed by atoms with Gasteiger partial charge < -0.3 is 14.0 Å². The van der Waals surface area contributed by atoms with Crippen LogP contribution in [0.2, 0.25) is 0 Å². The van der Waals surface area contributed by atoms with E-state index >= 15 is 0 Å². The molecule has 2 aromatic heterocycles. The third kappa shape index (κ3) is 5.46. The second-order valence-electron chi connectivity index (χ2n) is 9.32. The van der Waals surface area contributed by atoms with Gasteiger partial charge in [0.05, 0.1) is 10.4 Å². The predicted octanol–water partition coefficient (Wildman–Crippen LogP) is 5.61. The number of hydrogen-bond acceptors (Lipinski definition) is 7. The summed E-state index contributed by atoms with van der Waals surface area (Å²) in [6, 6.07) is 9.42. The van der Waals surface area contributed by atoms with E-state index < -0.39 is 28.3 Å². The van der Waals surface area contributed by atoms with Gasteiger partial charge in [-0.15, -0.1) is 0 Å². The summed E-state index contributed by atoms with van der Waals surface area (Å²) in [5.41, 5.74) is -0.440. The molecule has 3 aromatic rings. The molecule has 0 fully saturated rings. The number of carbonyl (C=O) groups is 2. The van der Waals surface area contributed by atoms with Crippen LogP contribution in [0.25, 0.3) is 16.6 Å². The maximum absolute atomic E-state index is 13.0. The maximum atomic E-state index is 13.0. The van der Waals surface area contributed by atoms with E-state index in [2.05, 4.69) is 4.98 Å². The average Bonchev–Trinajstić information content (AvgIpc) is 3.10. The number of nitro groups is 1. The predicted molar refractivity (Wildman–Crippen MR) is 123 cm³/mol. The lowest BCUT2D eigenvalue weighted by atomic mass is 10.2. The van der Waals surface area contributed by atoms with Gasteiger partial charge in [0.25, 0.3) is 5.69 Å². The van der Waals surface area contributed by atoms with E-state index in [1.54, 1.807) is 76.6 Å². The minimum atomic E-state index is -0.917. The van der Waals surface area contributed by atoms with E-state index in [-0.39, 0.29) is 11.5 Å². The Bertz CT molecular complexity index is 1170. The van der Waals surface area contributed by atoms with Crippen LogP contribution in [0, 0.1) is 10.1 Å². The number of anilines is 1. The normalized spacial score (nSPS) is 11.8. The van der Waals surface area contributed by atoms with Gasteiger partial charge in [-0.05, 0) is 65.8 Å². The summed E-state index contributed by atoms with van der Waals surface area (Å²) in [7, 11) is 0. The summed E-state index contributed by atoms with van der Waals surface area (Å²) in [6.45, 7) is 10.2. The Morgan fingerprint density at radius 2 is 1.48 bits per heavy atom. The third-order valence-electron chi connectivity index (χ3n) is 4.30. The van der Waals surface area contributed by atoms with Gasteiger partial charge in [0.1, 0.15) is 11.2 Å². The van der Waals surface area contributed by atoms with Crippen molar-refractivity contribution in [3.63, 3.8) is 0 Å². The Hall–Kier alpha value is -3.95. The van der Waals surface area contributed by atoms with Crippen molar-refractivity contribution in [1.82, 2.24) is 9.55 Å². The Kier molecular flexibility index (Phi) is 6.13. The minimum Gasteiger partial charge on any atom is -0.443 e. The van der Waals surface area contributed by atoms with Gasteiger partial charge in [0.2, 0.25) is 0 Å². The van der Waals surface area contributed by atoms with Crippen LogP contribution in [-0.4, -0.2) is 37.9 Å². The summed E-state index contributed by atoms with van der Waals surface area (Å²) in [5.74, 6) is 0.0525. The van der Waals surface area contributed by atoms with Crippen molar-refractivity contribution < 1.29 is 24.0 Å². The van der Waals surface area contributed by atoms with Crippen LogP contribution in [0.15, 0.2) is 48.8 Å². The molecule has 0 atom stereocenters. The molecule has 10 nitrogen and oxygen atoms in total. The highest BCUT2D eigenvalue weighted by atomic mass is 16.6. The van der Waals surface area contributed by atoms with Gasteiger partial charge in [-0.2, -0.15) is 4.90 Å². The number of nitrogens with zero attached hydrogens (tertiary/aromatic N) is 4. The second kappa shape index (κ2) is 8.53. The van der Waals surface area contributed by atoms with Crippen LogP contribution in [0.1, 0.15) is 41.5 Å². The molecule has 0 aliphatic heterocycles. The lowest BCUT2D eigenvalue weighted by Crippen LogP contribution is -2.44. The molecule has 0 radical (unpaired) electrons. The molecule has 2 heterocycles. The molecule has 3 rings (SSSR count). The number of ether oxygens (including phenoxy) is 2. The number of non-ortho nitro benzene ring substituents is 1. The minimum absolute atomic E-state index is 0.0291. The largest absolute Gasteiger partial charge is 0.443 e. The van der Waals surface area contributed by atoms with Crippen LogP contribution >= 0.6 is 0 Å². The Morgan fingerprint density at radius 3 is 1.97 bits per heavy atom. The summed E-state index contributed by atoms with van der Waals surface area (Å²) >= 11 is 0. The van der Waals surface area contributed by atoms with E-state index in [1.807, 2.05) is 0 Å². The highest BCUT2D eigenvalue weighted by Gasteiger charge is 2.34. The van der Waals surface area contributed by atoms with Gasteiger partial charge in [-0.3, -0.25) is 10.1 Å². The van der Waals surface area contributed by atoms with Crippen LogP contribution in [0.4, 0.5) is 21.1 Å². The molecular formula is C23H26N4O6. The lowest BCUT2D eigenvalue weighted by Gasteiger charge is -2.28. The molecule has 0 bridgehead atoms. The van der Waals surface area contributed by atoms with Gasteiger partial charge in [-0.25, -0.2) is 14.6 Å². The Labute approximate surface area is 190 Å². The molecular weight excluding hydrogens is 428 g/mol. The first-order valence-corrected chi connectivity index (χ1v) is 10.2. The number of aromatic nitrogens is 2. The summed E-state index contributed by atoms with van der Waals surface area (Å²) < 4.78 is 12.7. The number of hydrogen-bond donors (Lipinski definition) is 0. The Morgan fingerprint density at radius 1 is 0.939 bits per heavy atom. The van der Waals surface area contributed by atoms with E-state index in [0.29, 0.717) is 16.6 Å². The number of nitro benzene ring substituents is 1.